The zero-order valence-corrected chi connectivity index (χ0v) is 15.7. The first-order valence-corrected chi connectivity index (χ1v) is 8.47. The monoisotopic (exact) mass is 409 g/mol. The molecule has 0 amide bonds. The van der Waals surface area contributed by atoms with Crippen LogP contribution < -0.4 is 25.9 Å². The highest BCUT2D eigenvalue weighted by molar-refractivity contribution is 5.49. The molecule has 0 aliphatic carbocycles. The Morgan fingerprint density at radius 2 is 2.03 bits per heavy atom. The fourth-order valence-corrected chi connectivity index (χ4v) is 2.92. The minimum absolute atomic E-state index is 0.126. The molecule has 0 saturated carbocycles. The maximum atomic E-state index is 13.2. The fraction of sp³-hybridized carbons (Fsp3) is 0.278. The van der Waals surface area contributed by atoms with E-state index in [1.54, 1.807) is 37.4 Å². The van der Waals surface area contributed by atoms with Crippen molar-refractivity contribution < 1.29 is 22.8 Å². The van der Waals surface area contributed by atoms with Gasteiger partial charge in [-0.2, -0.15) is 13.2 Å². The second-order valence-corrected chi connectivity index (χ2v) is 6.47. The molecule has 1 aliphatic heterocycles. The largest absolute Gasteiger partial charge is 0.481 e. The van der Waals surface area contributed by atoms with Crippen molar-refractivity contribution in [2.45, 2.75) is 19.1 Å². The van der Waals surface area contributed by atoms with Gasteiger partial charge in [0.05, 0.1) is 23.6 Å². The van der Waals surface area contributed by atoms with E-state index in [2.05, 4.69) is 15.7 Å². The molecular weight excluding hydrogens is 391 g/mol. The standard InChI is InChI=1S/C18H18F3N5O3/c1-10(11-4-13(18(19,20)21)6-14(5-11)26(27)28)23-17-15-7-16(29-3)22-8-12(15)9-25(2)24-17/h4-10,23-24H,1-3H3/t10-/m1/s1. The summed E-state index contributed by atoms with van der Waals surface area (Å²) in [5, 5.41) is 17.3. The number of halogens is 3. The number of nitro groups is 1. The molecule has 1 aromatic carbocycles. The molecule has 0 saturated heterocycles. The number of alkyl halides is 3. The summed E-state index contributed by atoms with van der Waals surface area (Å²) >= 11 is 0. The topological polar surface area (TPSA) is 92.6 Å². The van der Waals surface area contributed by atoms with Crippen LogP contribution in [0.1, 0.15) is 24.1 Å². The molecule has 2 heterocycles. The Morgan fingerprint density at radius 1 is 1.31 bits per heavy atom. The molecule has 0 fully saturated rings. The number of hydrazine groups is 1. The van der Waals surface area contributed by atoms with Crippen molar-refractivity contribution in [2.75, 3.05) is 14.2 Å². The Kier molecular flexibility index (Phi) is 5.23. The Balaban J connectivity index is 2.05. The van der Waals surface area contributed by atoms with Gasteiger partial charge in [-0.25, -0.2) is 4.98 Å². The number of non-ortho nitro benzene ring substituents is 1. The van der Waals surface area contributed by atoms with Crippen LogP contribution in [0.5, 0.6) is 5.88 Å². The lowest BCUT2D eigenvalue weighted by Crippen LogP contribution is -2.49. The van der Waals surface area contributed by atoms with Crippen LogP contribution in [0, 0.1) is 10.1 Å². The smallest absolute Gasteiger partial charge is 0.416 e. The van der Waals surface area contributed by atoms with Crippen LogP contribution in [0.3, 0.4) is 0 Å². The van der Waals surface area contributed by atoms with Crippen molar-refractivity contribution in [2.24, 2.45) is 0 Å². The molecule has 3 rings (SSSR count). The molecule has 1 aliphatic rings. The van der Waals surface area contributed by atoms with Gasteiger partial charge in [0.1, 0.15) is 5.82 Å². The van der Waals surface area contributed by atoms with Crippen LogP contribution in [-0.2, 0) is 6.18 Å². The van der Waals surface area contributed by atoms with Crippen molar-refractivity contribution >= 4 is 17.7 Å². The highest BCUT2D eigenvalue weighted by Gasteiger charge is 2.33. The minimum atomic E-state index is -4.70. The third kappa shape index (κ3) is 4.33. The third-order valence-electron chi connectivity index (χ3n) is 4.35. The number of methoxy groups -OCH3 is 1. The molecule has 0 bridgehead atoms. The lowest BCUT2D eigenvalue weighted by molar-refractivity contribution is -0.385. The first kappa shape index (κ1) is 20.2. The van der Waals surface area contributed by atoms with Crippen LogP contribution in [0.15, 0.2) is 30.5 Å². The lowest BCUT2D eigenvalue weighted by Gasteiger charge is -2.27. The first-order chi connectivity index (χ1) is 13.6. The van der Waals surface area contributed by atoms with Crippen molar-refractivity contribution in [1.82, 2.24) is 20.7 Å². The predicted molar refractivity (Wildman–Crippen MR) is 98.5 cm³/mol. The third-order valence-corrected chi connectivity index (χ3v) is 4.35. The minimum Gasteiger partial charge on any atom is -0.481 e. The van der Waals surface area contributed by atoms with Gasteiger partial charge in [0.15, 0.2) is 0 Å². The number of rotatable bonds is 5. The Hall–Kier alpha value is -3.50. The summed E-state index contributed by atoms with van der Waals surface area (Å²) < 4.78 is 44.7. The summed E-state index contributed by atoms with van der Waals surface area (Å²) in [6, 6.07) is 3.56. The summed E-state index contributed by atoms with van der Waals surface area (Å²) in [6.45, 7) is 1.62. The molecule has 0 spiro atoms. The molecule has 0 radical (unpaired) electrons. The van der Waals surface area contributed by atoms with Crippen LogP contribution >= 0.6 is 0 Å². The van der Waals surface area contributed by atoms with E-state index in [1.165, 1.54) is 7.11 Å². The number of benzene rings is 1. The fourth-order valence-electron chi connectivity index (χ4n) is 2.92. The van der Waals surface area contributed by atoms with Crippen molar-refractivity contribution in [3.63, 3.8) is 0 Å². The van der Waals surface area contributed by atoms with Crippen LogP contribution in [0.4, 0.5) is 18.9 Å². The summed E-state index contributed by atoms with van der Waals surface area (Å²) in [5.41, 5.74) is 1.48. The number of hydrogen-bond donors (Lipinski definition) is 2. The summed E-state index contributed by atoms with van der Waals surface area (Å²) in [4.78, 5) is 14.4. The van der Waals surface area contributed by atoms with E-state index >= 15 is 0 Å². The number of hydrogen-bond acceptors (Lipinski definition) is 7. The van der Waals surface area contributed by atoms with Crippen LogP contribution in [0.25, 0.3) is 12.0 Å². The van der Waals surface area contributed by atoms with E-state index in [0.29, 0.717) is 23.0 Å². The van der Waals surface area contributed by atoms with Gasteiger partial charge in [-0.15, -0.1) is 0 Å². The summed E-state index contributed by atoms with van der Waals surface area (Å²) in [6.07, 6.45) is -1.31. The SMILES string of the molecule is COc1cc2c(cn1)=CN(C)NC=2N[C@H](C)c1cc([N+](=O)[O-])cc(C(F)(F)F)c1. The van der Waals surface area contributed by atoms with Crippen LogP contribution in [-0.4, -0.2) is 29.1 Å². The maximum Gasteiger partial charge on any atom is 0.416 e. The number of ether oxygens (including phenoxy) is 1. The second-order valence-electron chi connectivity index (χ2n) is 6.47. The Labute approximate surface area is 163 Å². The first-order valence-electron chi connectivity index (χ1n) is 8.47. The number of aromatic nitrogens is 1. The molecule has 11 heteroatoms. The molecule has 29 heavy (non-hydrogen) atoms. The van der Waals surface area contributed by atoms with E-state index < -0.39 is 28.4 Å². The Bertz CT molecular complexity index is 1070. The zero-order chi connectivity index (χ0) is 21.3. The van der Waals surface area contributed by atoms with Crippen LogP contribution in [0.2, 0.25) is 0 Å². The zero-order valence-electron chi connectivity index (χ0n) is 15.7. The number of nitrogens with zero attached hydrogens (tertiary/aromatic N) is 3. The van der Waals surface area contributed by atoms with Gasteiger partial charge in [-0.05, 0) is 18.6 Å². The van der Waals surface area contributed by atoms with E-state index in [-0.39, 0.29) is 5.56 Å². The van der Waals surface area contributed by atoms with Gasteiger partial charge in [-0.1, -0.05) is 0 Å². The number of nitrogens with one attached hydrogen (secondary N) is 2. The normalized spacial score (nSPS) is 14.4. The molecule has 8 nitrogen and oxygen atoms in total. The van der Waals surface area contributed by atoms with Gasteiger partial charge in [0.2, 0.25) is 5.88 Å². The number of nitro benzene ring substituents is 1. The molecule has 2 aromatic rings. The summed E-state index contributed by atoms with van der Waals surface area (Å²) in [5.74, 6) is 0.864. The highest BCUT2D eigenvalue weighted by Crippen LogP contribution is 2.34. The molecular formula is C18H18F3N5O3. The van der Waals surface area contributed by atoms with E-state index in [0.717, 1.165) is 17.4 Å². The predicted octanol–water partition coefficient (Wildman–Crippen LogP) is 1.62. The quantitative estimate of drug-likeness (QED) is 0.573. The molecule has 154 valence electrons. The number of fused-ring (bicyclic) bond motifs is 1. The van der Waals surface area contributed by atoms with Crippen molar-refractivity contribution in [3.05, 3.63) is 62.1 Å². The average Bonchev–Trinajstić information content (AvgIpc) is 2.66. The summed E-state index contributed by atoms with van der Waals surface area (Å²) in [7, 11) is 3.22. The highest BCUT2D eigenvalue weighted by atomic mass is 19.4. The maximum absolute atomic E-state index is 13.2. The van der Waals surface area contributed by atoms with Gasteiger partial charge in [-0.3, -0.25) is 20.5 Å². The van der Waals surface area contributed by atoms with Crippen molar-refractivity contribution in [1.29, 1.82) is 0 Å². The van der Waals surface area contributed by atoms with E-state index in [9.17, 15) is 23.3 Å². The van der Waals surface area contributed by atoms with Crippen molar-refractivity contribution in [3.8, 4) is 5.88 Å². The number of pyridine rings is 1. The van der Waals surface area contributed by atoms with E-state index in [1.807, 2.05) is 0 Å². The van der Waals surface area contributed by atoms with Gasteiger partial charge < -0.3 is 10.1 Å². The van der Waals surface area contributed by atoms with Gasteiger partial charge in [0.25, 0.3) is 5.69 Å². The molecule has 1 atom stereocenters. The molecule has 1 aromatic heterocycles. The van der Waals surface area contributed by atoms with Gasteiger partial charge >= 0.3 is 6.18 Å². The molecule has 2 N–H and O–H groups in total. The second kappa shape index (κ2) is 7.49. The molecule has 0 unspecified atom stereocenters. The Morgan fingerprint density at radius 3 is 2.66 bits per heavy atom. The van der Waals surface area contributed by atoms with E-state index in [4.69, 9.17) is 4.74 Å². The van der Waals surface area contributed by atoms with Gasteiger partial charge in [0, 0.05) is 48.1 Å². The average molecular weight is 409 g/mol. The lowest BCUT2D eigenvalue weighted by atomic mass is 10.0.